The zero-order valence-corrected chi connectivity index (χ0v) is 8.54. The van der Waals surface area contributed by atoms with Crippen molar-refractivity contribution < 1.29 is 14.6 Å². The molecule has 0 aromatic heterocycles. The Bertz CT molecular complexity index is 161. The van der Waals surface area contributed by atoms with Crippen molar-refractivity contribution in [3.63, 3.8) is 0 Å². The van der Waals surface area contributed by atoms with Crippen molar-refractivity contribution in [3.8, 4) is 0 Å². The van der Waals surface area contributed by atoms with Gasteiger partial charge in [-0.15, -0.1) is 0 Å². The molecule has 0 fully saturated rings. The van der Waals surface area contributed by atoms with Crippen molar-refractivity contribution in [1.82, 2.24) is 0 Å². The van der Waals surface area contributed by atoms with E-state index in [2.05, 4.69) is 0 Å². The zero-order valence-electron chi connectivity index (χ0n) is 8.54. The van der Waals surface area contributed by atoms with Crippen LogP contribution in [-0.2, 0) is 9.53 Å². The minimum Gasteiger partial charge on any atom is -0.460 e. The molecule has 78 valence electrons. The number of hydrogen-bond acceptors (Lipinski definition) is 4. The lowest BCUT2D eigenvalue weighted by Gasteiger charge is -2.19. The van der Waals surface area contributed by atoms with Crippen LogP contribution in [0.1, 0.15) is 40.0 Å². The molecule has 0 amide bonds. The number of aliphatic hydroxyl groups excluding tert-OH is 1. The molecule has 0 radical (unpaired) electrons. The van der Waals surface area contributed by atoms with Crippen molar-refractivity contribution >= 4 is 5.97 Å². The number of nitrogens with two attached hydrogens (primary N) is 1. The summed E-state index contributed by atoms with van der Waals surface area (Å²) >= 11 is 0. The Hall–Kier alpha value is -0.610. The van der Waals surface area contributed by atoms with Gasteiger partial charge in [-0.2, -0.15) is 0 Å². The van der Waals surface area contributed by atoms with Crippen molar-refractivity contribution in [1.29, 1.82) is 0 Å². The lowest BCUT2D eigenvalue weighted by atomic mass is 10.2. The van der Waals surface area contributed by atoms with Gasteiger partial charge in [0.15, 0.2) is 0 Å². The third kappa shape index (κ3) is 9.30. The Morgan fingerprint density at radius 2 is 2.08 bits per heavy atom. The Balaban J connectivity index is 3.53. The first-order valence-corrected chi connectivity index (χ1v) is 4.47. The molecule has 4 nitrogen and oxygen atoms in total. The second kappa shape index (κ2) is 5.19. The summed E-state index contributed by atoms with van der Waals surface area (Å²) in [4.78, 5) is 11.1. The van der Waals surface area contributed by atoms with Crippen molar-refractivity contribution in [2.24, 2.45) is 5.73 Å². The van der Waals surface area contributed by atoms with Gasteiger partial charge in [0.1, 0.15) is 11.8 Å². The van der Waals surface area contributed by atoms with Gasteiger partial charge in [0, 0.05) is 6.42 Å². The number of esters is 1. The van der Waals surface area contributed by atoms with Gasteiger partial charge in [0.2, 0.25) is 0 Å². The maximum absolute atomic E-state index is 11.1. The number of rotatable bonds is 4. The zero-order chi connectivity index (χ0) is 10.5. The van der Waals surface area contributed by atoms with Gasteiger partial charge in [0.25, 0.3) is 0 Å². The first kappa shape index (κ1) is 12.4. The minimum atomic E-state index is -0.831. The summed E-state index contributed by atoms with van der Waals surface area (Å²) in [5.41, 5.74) is 4.68. The summed E-state index contributed by atoms with van der Waals surface area (Å²) in [6.07, 6.45) is 0.472. The van der Waals surface area contributed by atoms with Crippen LogP contribution in [0.2, 0.25) is 0 Å². The lowest BCUT2D eigenvalue weighted by Crippen LogP contribution is -2.24. The van der Waals surface area contributed by atoms with Gasteiger partial charge in [-0.1, -0.05) is 0 Å². The van der Waals surface area contributed by atoms with E-state index in [0.717, 1.165) is 0 Å². The van der Waals surface area contributed by atoms with E-state index in [0.29, 0.717) is 19.3 Å². The molecule has 0 aliphatic rings. The highest BCUT2D eigenvalue weighted by Crippen LogP contribution is 2.09. The smallest absolute Gasteiger partial charge is 0.306 e. The summed E-state index contributed by atoms with van der Waals surface area (Å²) in [5, 5.41) is 8.72. The Kier molecular flexibility index (Phi) is 4.95. The molecule has 1 atom stereocenters. The number of aliphatic hydroxyl groups is 1. The van der Waals surface area contributed by atoms with E-state index in [1.807, 2.05) is 20.8 Å². The number of hydrogen-bond donors (Lipinski definition) is 2. The molecule has 0 aromatic carbocycles. The Morgan fingerprint density at radius 1 is 1.54 bits per heavy atom. The van der Waals surface area contributed by atoms with Crippen molar-refractivity contribution in [2.75, 3.05) is 0 Å². The van der Waals surface area contributed by atoms with Gasteiger partial charge in [-0.05, 0) is 33.6 Å². The molecule has 13 heavy (non-hydrogen) atoms. The predicted molar refractivity (Wildman–Crippen MR) is 49.9 cm³/mol. The number of carbonyl (C=O) groups is 1. The van der Waals surface area contributed by atoms with E-state index in [-0.39, 0.29) is 5.97 Å². The third-order valence-electron chi connectivity index (χ3n) is 1.30. The largest absolute Gasteiger partial charge is 0.460 e. The second-order valence-electron chi connectivity index (χ2n) is 4.05. The molecule has 3 N–H and O–H groups in total. The lowest BCUT2D eigenvalue weighted by molar-refractivity contribution is -0.155. The molecular formula is C9H19NO3. The SMILES string of the molecule is CC(C)(C)OC(=O)CCCC(N)O. The van der Waals surface area contributed by atoms with Crippen LogP contribution in [0, 0.1) is 0 Å². The average molecular weight is 189 g/mol. The van der Waals surface area contributed by atoms with Crippen molar-refractivity contribution in [3.05, 3.63) is 0 Å². The highest BCUT2D eigenvalue weighted by Gasteiger charge is 2.15. The molecule has 0 saturated carbocycles. The molecule has 0 aliphatic heterocycles. The molecule has 0 saturated heterocycles. The monoisotopic (exact) mass is 189 g/mol. The standard InChI is InChI=1S/C9H19NO3/c1-9(2,3)13-8(12)6-4-5-7(10)11/h7,11H,4-6,10H2,1-3H3. The first-order valence-electron chi connectivity index (χ1n) is 4.47. The molecule has 0 spiro atoms. The van der Waals surface area contributed by atoms with E-state index in [4.69, 9.17) is 15.6 Å². The average Bonchev–Trinajstić information content (AvgIpc) is 1.81. The fourth-order valence-corrected chi connectivity index (χ4v) is 0.848. The van der Waals surface area contributed by atoms with E-state index in [1.165, 1.54) is 0 Å². The van der Waals surface area contributed by atoms with E-state index in [9.17, 15) is 4.79 Å². The van der Waals surface area contributed by atoms with E-state index >= 15 is 0 Å². The number of ether oxygens (including phenoxy) is 1. The van der Waals surface area contributed by atoms with E-state index in [1.54, 1.807) is 0 Å². The quantitative estimate of drug-likeness (QED) is 0.506. The van der Waals surface area contributed by atoms with E-state index < -0.39 is 11.8 Å². The second-order valence-corrected chi connectivity index (χ2v) is 4.05. The van der Waals surface area contributed by atoms with Crippen LogP contribution in [0.5, 0.6) is 0 Å². The maximum atomic E-state index is 11.1. The van der Waals surface area contributed by atoms with Crippen LogP contribution in [0.3, 0.4) is 0 Å². The topological polar surface area (TPSA) is 72.5 Å². The molecule has 0 aliphatic carbocycles. The van der Waals surface area contributed by atoms with Crippen LogP contribution in [-0.4, -0.2) is 22.9 Å². The third-order valence-corrected chi connectivity index (χ3v) is 1.30. The molecule has 0 heterocycles. The fourth-order valence-electron chi connectivity index (χ4n) is 0.848. The minimum absolute atomic E-state index is 0.242. The van der Waals surface area contributed by atoms with Crippen LogP contribution in [0.25, 0.3) is 0 Å². The Morgan fingerprint density at radius 3 is 2.46 bits per heavy atom. The highest BCUT2D eigenvalue weighted by atomic mass is 16.6. The van der Waals surface area contributed by atoms with Gasteiger partial charge >= 0.3 is 5.97 Å². The Labute approximate surface area is 79.1 Å². The van der Waals surface area contributed by atoms with Gasteiger partial charge in [-0.3, -0.25) is 4.79 Å². The summed E-state index contributed by atoms with van der Waals surface area (Å²) in [6, 6.07) is 0. The molecule has 1 unspecified atom stereocenters. The van der Waals surface area contributed by atoms with Gasteiger partial charge < -0.3 is 15.6 Å². The number of carbonyl (C=O) groups excluding carboxylic acids is 1. The summed E-state index contributed by atoms with van der Waals surface area (Å²) in [6.45, 7) is 5.47. The van der Waals surface area contributed by atoms with Crippen LogP contribution in [0.15, 0.2) is 0 Å². The maximum Gasteiger partial charge on any atom is 0.306 e. The summed E-state index contributed by atoms with van der Waals surface area (Å²) in [7, 11) is 0. The fraction of sp³-hybridized carbons (Fsp3) is 0.889. The summed E-state index contributed by atoms with van der Waals surface area (Å²) < 4.78 is 5.06. The molecule has 4 heteroatoms. The van der Waals surface area contributed by atoms with Crippen LogP contribution < -0.4 is 5.73 Å². The summed E-state index contributed by atoms with van der Waals surface area (Å²) in [5.74, 6) is -0.242. The first-order chi connectivity index (χ1) is 5.81. The predicted octanol–water partition coefficient (Wildman–Crippen LogP) is 0.776. The molecule has 0 aromatic rings. The highest BCUT2D eigenvalue weighted by molar-refractivity contribution is 5.69. The van der Waals surface area contributed by atoms with Gasteiger partial charge in [-0.25, -0.2) is 0 Å². The van der Waals surface area contributed by atoms with Crippen molar-refractivity contribution in [2.45, 2.75) is 51.9 Å². The van der Waals surface area contributed by atoms with Crippen LogP contribution in [0.4, 0.5) is 0 Å². The molecular weight excluding hydrogens is 170 g/mol. The van der Waals surface area contributed by atoms with Gasteiger partial charge in [0.05, 0.1) is 0 Å². The molecule has 0 bridgehead atoms. The van der Waals surface area contributed by atoms with Crippen LogP contribution >= 0.6 is 0 Å². The molecule has 0 rings (SSSR count). The normalized spacial score (nSPS) is 13.9.